The number of hydrogen-bond acceptors (Lipinski definition) is 5. The molecule has 1 amide bonds. The number of carbonyl (C=O) groups is 2. The molecule has 0 bridgehead atoms. The molecule has 0 saturated carbocycles. The van der Waals surface area contributed by atoms with Crippen LogP contribution >= 0.6 is 22.9 Å². The molecule has 136 valence electrons. The summed E-state index contributed by atoms with van der Waals surface area (Å²) < 4.78 is 43.9. The van der Waals surface area contributed by atoms with Crippen molar-refractivity contribution in [1.29, 1.82) is 0 Å². The highest BCUT2D eigenvalue weighted by Gasteiger charge is 2.38. The first-order valence-corrected chi connectivity index (χ1v) is 8.02. The number of esters is 1. The molecule has 2 rings (SSSR count). The maximum absolute atomic E-state index is 12.8. The lowest BCUT2D eigenvalue weighted by Gasteiger charge is -2.07. The third kappa shape index (κ3) is 4.13. The Balaban J connectivity index is 2.21. The van der Waals surface area contributed by atoms with Gasteiger partial charge in [-0.25, -0.2) is 4.79 Å². The number of carbonyl (C=O) groups excluding carboxylic acids is 2. The van der Waals surface area contributed by atoms with Crippen LogP contribution in [-0.2, 0) is 22.3 Å². The van der Waals surface area contributed by atoms with Gasteiger partial charge in [-0.1, -0.05) is 11.6 Å². The second kappa shape index (κ2) is 7.04. The van der Waals surface area contributed by atoms with Crippen molar-refractivity contribution in [3.05, 3.63) is 32.9 Å². The van der Waals surface area contributed by atoms with Crippen LogP contribution in [0.25, 0.3) is 0 Å². The summed E-state index contributed by atoms with van der Waals surface area (Å²) in [6.07, 6.45) is -4.72. The first-order chi connectivity index (χ1) is 11.5. The maximum Gasteiger partial charge on any atom is 0.436 e. The van der Waals surface area contributed by atoms with Crippen LogP contribution in [0.3, 0.4) is 0 Å². The predicted octanol–water partition coefficient (Wildman–Crippen LogP) is 3.66. The van der Waals surface area contributed by atoms with Gasteiger partial charge in [0.25, 0.3) is 0 Å². The first-order valence-electron chi connectivity index (χ1n) is 6.83. The van der Waals surface area contributed by atoms with Gasteiger partial charge in [-0.2, -0.15) is 18.3 Å². The quantitative estimate of drug-likeness (QED) is 0.802. The summed E-state index contributed by atoms with van der Waals surface area (Å²) in [4.78, 5) is 24.6. The van der Waals surface area contributed by atoms with Gasteiger partial charge in [0.1, 0.15) is 11.5 Å². The molecule has 0 aromatic carbocycles. The fourth-order valence-corrected chi connectivity index (χ4v) is 3.19. The number of anilines is 1. The lowest BCUT2D eigenvalue weighted by molar-refractivity contribution is -0.141. The zero-order valence-corrected chi connectivity index (χ0v) is 14.9. The van der Waals surface area contributed by atoms with Gasteiger partial charge in [0, 0.05) is 4.88 Å². The van der Waals surface area contributed by atoms with Crippen molar-refractivity contribution in [2.75, 3.05) is 12.4 Å². The minimum atomic E-state index is -4.72. The smallest absolute Gasteiger partial charge is 0.436 e. The molecule has 1 N–H and O–H groups in total. The van der Waals surface area contributed by atoms with E-state index in [0.717, 1.165) is 20.9 Å². The van der Waals surface area contributed by atoms with Crippen LogP contribution < -0.4 is 5.32 Å². The zero-order valence-electron chi connectivity index (χ0n) is 13.3. The van der Waals surface area contributed by atoms with Crippen molar-refractivity contribution in [3.63, 3.8) is 0 Å². The average Bonchev–Trinajstić information content (AvgIpc) is 3.00. The Morgan fingerprint density at radius 3 is 2.56 bits per heavy atom. The summed E-state index contributed by atoms with van der Waals surface area (Å²) in [7, 11) is 1.20. The van der Waals surface area contributed by atoms with Crippen LogP contribution in [0.5, 0.6) is 0 Å². The van der Waals surface area contributed by atoms with Gasteiger partial charge < -0.3 is 10.1 Å². The van der Waals surface area contributed by atoms with Crippen molar-refractivity contribution < 1.29 is 27.5 Å². The van der Waals surface area contributed by atoms with Gasteiger partial charge in [-0.15, -0.1) is 11.3 Å². The summed E-state index contributed by atoms with van der Waals surface area (Å²) in [6.45, 7) is 2.58. The van der Waals surface area contributed by atoms with Crippen LogP contribution in [0.15, 0.2) is 6.07 Å². The van der Waals surface area contributed by atoms with Gasteiger partial charge in [0.15, 0.2) is 5.69 Å². The van der Waals surface area contributed by atoms with Crippen molar-refractivity contribution in [2.45, 2.75) is 26.6 Å². The van der Waals surface area contributed by atoms with Crippen molar-refractivity contribution >= 4 is 39.8 Å². The number of nitrogens with zero attached hydrogens (tertiary/aromatic N) is 2. The summed E-state index contributed by atoms with van der Waals surface area (Å²) >= 11 is 6.78. The first kappa shape index (κ1) is 19.3. The molecule has 2 aromatic heterocycles. The number of thiophene rings is 1. The second-order valence-corrected chi connectivity index (χ2v) is 6.68. The number of rotatable bonds is 4. The SMILES string of the molecule is COC(=O)c1cc(C)sc1NC(=O)Cn1nc(C(F)(F)F)c(Cl)c1C. The molecular weight excluding hydrogens is 383 g/mol. The van der Waals surface area contributed by atoms with E-state index >= 15 is 0 Å². The van der Waals surface area contributed by atoms with Crippen LogP contribution in [0, 0.1) is 13.8 Å². The van der Waals surface area contributed by atoms with Gasteiger partial charge in [0.2, 0.25) is 5.91 Å². The van der Waals surface area contributed by atoms with E-state index in [2.05, 4.69) is 15.2 Å². The van der Waals surface area contributed by atoms with Gasteiger partial charge in [0.05, 0.1) is 23.4 Å². The molecule has 25 heavy (non-hydrogen) atoms. The number of halogens is 4. The maximum atomic E-state index is 12.8. The van der Waals surface area contributed by atoms with Crippen molar-refractivity contribution in [2.24, 2.45) is 0 Å². The van der Waals surface area contributed by atoms with E-state index in [9.17, 15) is 22.8 Å². The molecule has 0 radical (unpaired) electrons. The highest BCUT2D eigenvalue weighted by Crippen LogP contribution is 2.35. The van der Waals surface area contributed by atoms with Crippen molar-refractivity contribution in [1.82, 2.24) is 9.78 Å². The Morgan fingerprint density at radius 1 is 1.40 bits per heavy atom. The minimum Gasteiger partial charge on any atom is -0.465 e. The fourth-order valence-electron chi connectivity index (χ4n) is 2.03. The van der Waals surface area contributed by atoms with E-state index in [1.807, 2.05) is 0 Å². The topological polar surface area (TPSA) is 73.2 Å². The minimum absolute atomic E-state index is 0.0136. The second-order valence-electron chi connectivity index (χ2n) is 5.04. The Bertz CT molecular complexity index is 829. The number of alkyl halides is 3. The number of aryl methyl sites for hydroxylation is 1. The molecular formula is C14H13ClF3N3O3S. The number of hydrogen-bond donors (Lipinski definition) is 1. The molecule has 0 atom stereocenters. The third-order valence-electron chi connectivity index (χ3n) is 3.21. The highest BCUT2D eigenvalue weighted by atomic mass is 35.5. The van der Waals surface area contributed by atoms with E-state index in [1.165, 1.54) is 14.0 Å². The summed E-state index contributed by atoms with van der Waals surface area (Å²) in [6, 6.07) is 1.55. The molecule has 11 heteroatoms. The van der Waals surface area contributed by atoms with Crippen molar-refractivity contribution in [3.8, 4) is 0 Å². The molecule has 0 unspecified atom stereocenters. The number of amides is 1. The fraction of sp³-hybridized carbons (Fsp3) is 0.357. The monoisotopic (exact) mass is 395 g/mol. The molecule has 0 spiro atoms. The Kier molecular flexibility index (Phi) is 5.43. The predicted molar refractivity (Wildman–Crippen MR) is 86.0 cm³/mol. The molecule has 2 heterocycles. The Labute approximate surface area is 149 Å². The van der Waals surface area contributed by atoms with Gasteiger partial charge >= 0.3 is 12.1 Å². The Hall–Kier alpha value is -2.07. The van der Waals surface area contributed by atoms with Crippen LogP contribution in [0.2, 0.25) is 5.02 Å². The van der Waals surface area contributed by atoms with E-state index in [4.69, 9.17) is 11.6 Å². The molecule has 6 nitrogen and oxygen atoms in total. The molecule has 2 aromatic rings. The summed E-state index contributed by atoms with van der Waals surface area (Å²) in [5.41, 5.74) is -1.06. The zero-order chi connectivity index (χ0) is 18.9. The van der Waals surface area contributed by atoms with E-state index in [0.29, 0.717) is 0 Å². The molecule has 0 fully saturated rings. The van der Waals surface area contributed by atoms with Gasteiger partial charge in [-0.05, 0) is 19.9 Å². The Morgan fingerprint density at radius 2 is 2.04 bits per heavy atom. The number of aromatic nitrogens is 2. The summed E-state index contributed by atoms with van der Waals surface area (Å²) in [5.74, 6) is -1.28. The third-order valence-corrected chi connectivity index (χ3v) is 4.63. The number of methoxy groups -OCH3 is 1. The molecule has 0 aliphatic rings. The van der Waals surface area contributed by atoms with Gasteiger partial charge in [-0.3, -0.25) is 9.48 Å². The number of ether oxygens (including phenoxy) is 1. The average molecular weight is 396 g/mol. The normalized spacial score (nSPS) is 11.5. The van der Waals surface area contributed by atoms with Crippen LogP contribution in [-0.4, -0.2) is 28.8 Å². The molecule has 0 saturated heterocycles. The number of nitrogens with one attached hydrogen (secondary N) is 1. The van der Waals surface area contributed by atoms with Crippen LogP contribution in [0.1, 0.15) is 26.6 Å². The van der Waals surface area contributed by atoms with Crippen LogP contribution in [0.4, 0.5) is 18.2 Å². The standard InChI is InChI=1S/C14H13ClF3N3O3S/c1-6-4-8(13(23)24-3)12(25-6)19-9(22)5-21-7(2)10(15)11(20-21)14(16,17)18/h4H,5H2,1-3H3,(H,19,22). The summed E-state index contributed by atoms with van der Waals surface area (Å²) in [5, 5.41) is 5.53. The van der Waals surface area contributed by atoms with E-state index < -0.39 is 35.3 Å². The van der Waals surface area contributed by atoms with E-state index in [-0.39, 0.29) is 16.3 Å². The molecule has 0 aliphatic heterocycles. The van der Waals surface area contributed by atoms with E-state index in [1.54, 1.807) is 13.0 Å². The largest absolute Gasteiger partial charge is 0.465 e. The highest BCUT2D eigenvalue weighted by molar-refractivity contribution is 7.16. The lowest BCUT2D eigenvalue weighted by atomic mass is 10.3. The molecule has 0 aliphatic carbocycles. The lowest BCUT2D eigenvalue weighted by Crippen LogP contribution is -2.21.